The van der Waals surface area contributed by atoms with Crippen molar-refractivity contribution in [1.82, 2.24) is 4.90 Å². The Bertz CT molecular complexity index is 450. The summed E-state index contributed by atoms with van der Waals surface area (Å²) >= 11 is 0. The van der Waals surface area contributed by atoms with Crippen LogP contribution in [0.5, 0.6) is 11.5 Å². The van der Waals surface area contributed by atoms with E-state index in [-0.39, 0.29) is 5.75 Å². The quantitative estimate of drug-likeness (QED) is 0.889. The monoisotopic (exact) mass is 275 g/mol. The van der Waals surface area contributed by atoms with Crippen molar-refractivity contribution in [1.29, 1.82) is 0 Å². The maximum Gasteiger partial charge on any atom is 0.165 e. The lowest BCUT2D eigenvalue weighted by Crippen LogP contribution is -2.33. The third kappa shape index (κ3) is 3.76. The van der Waals surface area contributed by atoms with E-state index in [9.17, 15) is 5.11 Å². The first-order chi connectivity index (χ1) is 9.72. The molecule has 0 aliphatic heterocycles. The number of rotatable bonds is 5. The number of para-hydroxylation sites is 1. The van der Waals surface area contributed by atoms with Gasteiger partial charge in [-0.2, -0.15) is 0 Å². The molecule has 0 radical (unpaired) electrons. The van der Waals surface area contributed by atoms with Gasteiger partial charge in [-0.1, -0.05) is 43.5 Å². The van der Waals surface area contributed by atoms with Crippen LogP contribution in [-0.4, -0.2) is 36.8 Å². The molecule has 1 aliphatic rings. The predicted molar refractivity (Wildman–Crippen MR) is 83.2 cm³/mol. The van der Waals surface area contributed by atoms with Crippen molar-refractivity contribution in [2.45, 2.75) is 38.1 Å². The number of phenols is 1. The minimum atomic E-state index is 0.214. The molecule has 1 N–H and O–H groups in total. The highest BCUT2D eigenvalue weighted by Gasteiger charge is 2.16. The predicted octanol–water partition coefficient (Wildman–Crippen LogP) is 3.68. The second-order valence-corrected chi connectivity index (χ2v) is 5.53. The van der Waals surface area contributed by atoms with Crippen LogP contribution in [0.2, 0.25) is 0 Å². The van der Waals surface area contributed by atoms with Crippen molar-refractivity contribution < 1.29 is 9.84 Å². The number of methoxy groups -OCH3 is 1. The Morgan fingerprint density at radius 2 is 2.05 bits per heavy atom. The summed E-state index contributed by atoms with van der Waals surface area (Å²) in [6.07, 6.45) is 10.8. The van der Waals surface area contributed by atoms with Gasteiger partial charge in [0.2, 0.25) is 0 Å². The fourth-order valence-corrected chi connectivity index (χ4v) is 2.86. The number of phenolic OH excluding ortho intramolecular Hbond substituents is 1. The molecule has 1 aliphatic carbocycles. The Labute approximate surface area is 121 Å². The molecular weight excluding hydrogens is 250 g/mol. The van der Waals surface area contributed by atoms with Gasteiger partial charge < -0.3 is 9.84 Å². The molecule has 20 heavy (non-hydrogen) atoms. The summed E-state index contributed by atoms with van der Waals surface area (Å²) < 4.78 is 5.11. The molecular formula is C17H25NO2. The largest absolute Gasteiger partial charge is 0.504 e. The Morgan fingerprint density at radius 1 is 1.30 bits per heavy atom. The molecule has 0 amide bonds. The molecule has 0 bridgehead atoms. The Morgan fingerprint density at radius 3 is 2.75 bits per heavy atom. The van der Waals surface area contributed by atoms with Crippen LogP contribution in [0.25, 0.3) is 6.08 Å². The fourth-order valence-electron chi connectivity index (χ4n) is 2.86. The Hall–Kier alpha value is -1.48. The van der Waals surface area contributed by atoms with Gasteiger partial charge in [-0.05, 0) is 26.0 Å². The molecule has 3 heteroatoms. The van der Waals surface area contributed by atoms with Crippen molar-refractivity contribution in [3.05, 3.63) is 29.8 Å². The summed E-state index contributed by atoms with van der Waals surface area (Å²) in [4.78, 5) is 2.41. The van der Waals surface area contributed by atoms with Gasteiger partial charge in [0, 0.05) is 18.2 Å². The van der Waals surface area contributed by atoms with Crippen LogP contribution in [0, 0.1) is 0 Å². The molecule has 0 saturated heterocycles. The molecule has 1 saturated carbocycles. The number of benzene rings is 1. The zero-order valence-corrected chi connectivity index (χ0v) is 12.5. The highest BCUT2D eigenvalue weighted by Crippen LogP contribution is 2.30. The average molecular weight is 275 g/mol. The van der Waals surface area contributed by atoms with Gasteiger partial charge in [0.05, 0.1) is 7.11 Å². The third-order valence-corrected chi connectivity index (χ3v) is 4.14. The van der Waals surface area contributed by atoms with Crippen molar-refractivity contribution in [2.75, 3.05) is 20.7 Å². The van der Waals surface area contributed by atoms with E-state index in [2.05, 4.69) is 18.0 Å². The van der Waals surface area contributed by atoms with Crippen molar-refractivity contribution in [3.8, 4) is 11.5 Å². The maximum atomic E-state index is 10.0. The minimum Gasteiger partial charge on any atom is -0.504 e. The van der Waals surface area contributed by atoms with Crippen molar-refractivity contribution >= 4 is 6.08 Å². The van der Waals surface area contributed by atoms with Crippen LogP contribution in [-0.2, 0) is 0 Å². The molecule has 0 atom stereocenters. The highest BCUT2D eigenvalue weighted by molar-refractivity contribution is 5.61. The van der Waals surface area contributed by atoms with Crippen LogP contribution >= 0.6 is 0 Å². The van der Waals surface area contributed by atoms with E-state index < -0.39 is 0 Å². The number of likely N-dealkylation sites (N-methyl/N-ethyl adjacent to an activating group) is 1. The first kappa shape index (κ1) is 14.9. The van der Waals surface area contributed by atoms with Gasteiger partial charge in [0.25, 0.3) is 0 Å². The van der Waals surface area contributed by atoms with Gasteiger partial charge in [-0.15, -0.1) is 0 Å². The number of hydrogen-bond acceptors (Lipinski definition) is 3. The Balaban J connectivity index is 1.92. The number of nitrogens with zero attached hydrogens (tertiary/aromatic N) is 1. The lowest BCUT2D eigenvalue weighted by molar-refractivity contribution is 0.209. The molecule has 1 aromatic rings. The molecule has 0 aromatic heterocycles. The summed E-state index contributed by atoms with van der Waals surface area (Å²) in [7, 11) is 3.76. The van der Waals surface area contributed by atoms with Crippen LogP contribution < -0.4 is 4.74 Å². The first-order valence-electron chi connectivity index (χ1n) is 7.45. The van der Waals surface area contributed by atoms with Crippen LogP contribution in [0.4, 0.5) is 0 Å². The van der Waals surface area contributed by atoms with Gasteiger partial charge in [0.1, 0.15) is 0 Å². The zero-order chi connectivity index (χ0) is 14.4. The Kier molecular flexibility index (Phi) is 5.48. The zero-order valence-electron chi connectivity index (χ0n) is 12.5. The van der Waals surface area contributed by atoms with E-state index in [0.29, 0.717) is 11.8 Å². The van der Waals surface area contributed by atoms with Crippen molar-refractivity contribution in [2.24, 2.45) is 0 Å². The molecule has 1 aromatic carbocycles. The molecule has 3 nitrogen and oxygen atoms in total. The van der Waals surface area contributed by atoms with E-state index in [1.54, 1.807) is 13.2 Å². The normalized spacial score (nSPS) is 16.9. The average Bonchev–Trinajstić information content (AvgIpc) is 2.49. The molecule has 2 rings (SSSR count). The fraction of sp³-hybridized carbons (Fsp3) is 0.529. The standard InChI is InChI=1S/C17H25NO2/c1-18(15-10-4-3-5-11-15)13-7-9-14-8-6-12-16(20-2)17(14)19/h6-9,12,15,19H,3-5,10-11,13H2,1-2H3. The van der Waals surface area contributed by atoms with Gasteiger partial charge in [-0.3, -0.25) is 4.90 Å². The van der Waals surface area contributed by atoms with E-state index in [1.807, 2.05) is 18.2 Å². The summed E-state index contributed by atoms with van der Waals surface area (Å²) in [5, 5.41) is 10.0. The van der Waals surface area contributed by atoms with Crippen molar-refractivity contribution in [3.63, 3.8) is 0 Å². The lowest BCUT2D eigenvalue weighted by atomic mass is 9.94. The molecule has 0 spiro atoms. The summed E-state index contributed by atoms with van der Waals surface area (Å²) in [6.45, 7) is 0.918. The molecule has 1 fully saturated rings. The third-order valence-electron chi connectivity index (χ3n) is 4.14. The van der Waals surface area contributed by atoms with E-state index >= 15 is 0 Å². The van der Waals surface area contributed by atoms with Crippen LogP contribution in [0.15, 0.2) is 24.3 Å². The molecule has 0 unspecified atom stereocenters. The first-order valence-corrected chi connectivity index (χ1v) is 7.45. The van der Waals surface area contributed by atoms with E-state index in [4.69, 9.17) is 4.74 Å². The molecule has 110 valence electrons. The summed E-state index contributed by atoms with van der Waals surface area (Å²) in [6, 6.07) is 6.27. The smallest absolute Gasteiger partial charge is 0.165 e. The minimum absolute atomic E-state index is 0.214. The van der Waals surface area contributed by atoms with E-state index in [0.717, 1.165) is 12.1 Å². The topological polar surface area (TPSA) is 32.7 Å². The molecule has 0 heterocycles. The summed E-state index contributed by atoms with van der Waals surface area (Å²) in [5.41, 5.74) is 0.807. The number of hydrogen-bond donors (Lipinski definition) is 1. The highest BCUT2D eigenvalue weighted by atomic mass is 16.5. The van der Waals surface area contributed by atoms with Crippen LogP contribution in [0.3, 0.4) is 0 Å². The van der Waals surface area contributed by atoms with Gasteiger partial charge >= 0.3 is 0 Å². The summed E-state index contributed by atoms with van der Waals surface area (Å²) in [5.74, 6) is 0.736. The maximum absolute atomic E-state index is 10.0. The van der Waals surface area contributed by atoms with Crippen LogP contribution in [0.1, 0.15) is 37.7 Å². The number of aromatic hydroxyl groups is 1. The second-order valence-electron chi connectivity index (χ2n) is 5.53. The van der Waals surface area contributed by atoms with E-state index in [1.165, 1.54) is 32.1 Å². The van der Waals surface area contributed by atoms with Gasteiger partial charge in [-0.25, -0.2) is 0 Å². The lowest BCUT2D eigenvalue weighted by Gasteiger charge is -2.30. The van der Waals surface area contributed by atoms with Gasteiger partial charge in [0.15, 0.2) is 11.5 Å². The second kappa shape index (κ2) is 7.34. The SMILES string of the molecule is COc1cccc(C=CCN(C)C2CCCCC2)c1O. The number of ether oxygens (including phenoxy) is 1.